The number of hydrogen-bond acceptors (Lipinski definition) is 4. The van der Waals surface area contributed by atoms with Crippen molar-refractivity contribution in [2.75, 3.05) is 26.4 Å². The highest BCUT2D eigenvalue weighted by Gasteiger charge is 2.30. The van der Waals surface area contributed by atoms with Crippen LogP contribution < -0.4 is 0 Å². The van der Waals surface area contributed by atoms with Crippen LogP contribution in [0.4, 0.5) is 0 Å². The van der Waals surface area contributed by atoms with Crippen LogP contribution in [0.5, 0.6) is 5.75 Å². The summed E-state index contributed by atoms with van der Waals surface area (Å²) >= 11 is 3.28. The average Bonchev–Trinajstić information content (AvgIpc) is 2.47. The molecule has 0 bridgehead atoms. The first kappa shape index (κ1) is 17.2. The van der Waals surface area contributed by atoms with Gasteiger partial charge in [0.1, 0.15) is 5.75 Å². The van der Waals surface area contributed by atoms with Crippen molar-refractivity contribution >= 4 is 31.9 Å². The Balaban J connectivity index is 2.05. The van der Waals surface area contributed by atoms with Crippen LogP contribution in [-0.4, -0.2) is 61.1 Å². The summed E-state index contributed by atoms with van der Waals surface area (Å²) in [6, 6.07) is 4.64. The fourth-order valence-corrected chi connectivity index (χ4v) is 3.67. The van der Waals surface area contributed by atoms with Crippen molar-refractivity contribution in [3.63, 3.8) is 0 Å². The summed E-state index contributed by atoms with van der Waals surface area (Å²) in [5.41, 5.74) is 0.254. The summed E-state index contributed by atoms with van der Waals surface area (Å²) in [7, 11) is -1.65. The molecular formula is C14H19BrN2O4S. The number of carbonyl (C=O) groups is 1. The van der Waals surface area contributed by atoms with E-state index in [-0.39, 0.29) is 23.3 Å². The molecular weight excluding hydrogens is 372 g/mol. The highest BCUT2D eigenvalue weighted by Crippen LogP contribution is 2.25. The molecule has 1 saturated heterocycles. The van der Waals surface area contributed by atoms with E-state index in [2.05, 4.69) is 15.9 Å². The molecule has 1 N–H and O–H groups in total. The van der Waals surface area contributed by atoms with Gasteiger partial charge in [-0.15, -0.1) is 0 Å². The van der Waals surface area contributed by atoms with Crippen LogP contribution in [0, 0.1) is 0 Å². The van der Waals surface area contributed by atoms with E-state index < -0.39 is 10.0 Å². The first-order chi connectivity index (χ1) is 10.2. The molecule has 1 heterocycles. The van der Waals surface area contributed by atoms with Crippen LogP contribution >= 0.6 is 15.9 Å². The molecule has 0 aliphatic carbocycles. The number of nitrogens with zero attached hydrogens (tertiary/aromatic N) is 2. The Labute approximate surface area is 138 Å². The van der Waals surface area contributed by atoms with Gasteiger partial charge >= 0.3 is 0 Å². The molecule has 0 spiro atoms. The second kappa shape index (κ2) is 6.55. The van der Waals surface area contributed by atoms with Crippen molar-refractivity contribution in [1.29, 1.82) is 0 Å². The van der Waals surface area contributed by atoms with Crippen molar-refractivity contribution < 1.29 is 18.3 Å². The molecule has 0 unspecified atom stereocenters. The Hall–Kier alpha value is -1.12. The predicted octanol–water partition coefficient (Wildman–Crippen LogP) is 1.65. The number of hydrogen-bond donors (Lipinski definition) is 1. The molecule has 1 aromatic carbocycles. The summed E-state index contributed by atoms with van der Waals surface area (Å²) in [5.74, 6) is -0.289. The molecule has 1 aliphatic heterocycles. The number of amides is 1. The van der Waals surface area contributed by atoms with E-state index in [9.17, 15) is 18.3 Å². The first-order valence-corrected chi connectivity index (χ1v) is 9.55. The van der Waals surface area contributed by atoms with Crippen molar-refractivity contribution in [2.24, 2.45) is 0 Å². The molecule has 8 heteroatoms. The lowest BCUT2D eigenvalue weighted by atomic mass is 10.0. The van der Waals surface area contributed by atoms with E-state index in [0.717, 1.165) is 4.47 Å². The molecule has 2 rings (SSSR count). The van der Waals surface area contributed by atoms with Gasteiger partial charge in [-0.3, -0.25) is 4.79 Å². The zero-order chi connectivity index (χ0) is 16.5. The summed E-state index contributed by atoms with van der Waals surface area (Å²) < 4.78 is 25.2. The van der Waals surface area contributed by atoms with Gasteiger partial charge in [-0.25, -0.2) is 12.7 Å². The average molecular weight is 391 g/mol. The maximum Gasteiger partial charge on any atom is 0.257 e. The number of piperidine rings is 1. The van der Waals surface area contributed by atoms with E-state index in [1.165, 1.54) is 16.6 Å². The van der Waals surface area contributed by atoms with Crippen LogP contribution in [0.3, 0.4) is 0 Å². The largest absolute Gasteiger partial charge is 0.507 e. The predicted molar refractivity (Wildman–Crippen MR) is 87.3 cm³/mol. The SMILES string of the molecule is CN(C1CCN(C(=O)c2cc(Br)ccc2O)CC1)S(C)(=O)=O. The topological polar surface area (TPSA) is 77.9 Å². The van der Waals surface area contributed by atoms with Crippen LogP contribution in [0.25, 0.3) is 0 Å². The molecule has 1 aromatic rings. The lowest BCUT2D eigenvalue weighted by Crippen LogP contribution is -2.47. The number of benzene rings is 1. The highest BCUT2D eigenvalue weighted by atomic mass is 79.9. The Morgan fingerprint density at radius 3 is 2.50 bits per heavy atom. The number of halogens is 1. The number of carbonyl (C=O) groups excluding carboxylic acids is 1. The number of sulfonamides is 1. The highest BCUT2D eigenvalue weighted by molar-refractivity contribution is 9.10. The Kier molecular flexibility index (Phi) is 5.14. The van der Waals surface area contributed by atoms with Gasteiger partial charge in [-0.1, -0.05) is 15.9 Å². The third-order valence-corrected chi connectivity index (χ3v) is 5.82. The molecule has 1 aliphatic rings. The molecule has 22 heavy (non-hydrogen) atoms. The lowest BCUT2D eigenvalue weighted by Gasteiger charge is -2.35. The number of aromatic hydroxyl groups is 1. The standard InChI is InChI=1S/C14H19BrN2O4S/c1-16(22(2,20)21)11-5-7-17(8-6-11)14(19)12-9-10(15)3-4-13(12)18/h3-4,9,11,18H,5-8H2,1-2H3. The third kappa shape index (κ3) is 3.80. The van der Waals surface area contributed by atoms with Crippen molar-refractivity contribution in [2.45, 2.75) is 18.9 Å². The van der Waals surface area contributed by atoms with Gasteiger partial charge in [0.25, 0.3) is 5.91 Å². The van der Waals surface area contributed by atoms with Gasteiger partial charge in [0.05, 0.1) is 11.8 Å². The van der Waals surface area contributed by atoms with Gasteiger partial charge in [-0.05, 0) is 31.0 Å². The van der Waals surface area contributed by atoms with Crippen molar-refractivity contribution in [3.05, 3.63) is 28.2 Å². The fraction of sp³-hybridized carbons (Fsp3) is 0.500. The quantitative estimate of drug-likeness (QED) is 0.850. The minimum atomic E-state index is -3.22. The fourth-order valence-electron chi connectivity index (χ4n) is 2.55. The maximum atomic E-state index is 12.5. The van der Waals surface area contributed by atoms with Gasteiger partial charge in [-0.2, -0.15) is 0 Å². The van der Waals surface area contributed by atoms with E-state index in [1.807, 2.05) is 0 Å². The second-order valence-electron chi connectivity index (χ2n) is 5.46. The van der Waals surface area contributed by atoms with Crippen molar-refractivity contribution in [1.82, 2.24) is 9.21 Å². The molecule has 1 amide bonds. The minimum Gasteiger partial charge on any atom is -0.507 e. The van der Waals surface area contributed by atoms with E-state index in [4.69, 9.17) is 0 Å². The third-order valence-electron chi connectivity index (χ3n) is 3.98. The molecule has 1 fully saturated rings. The smallest absolute Gasteiger partial charge is 0.257 e. The van der Waals surface area contributed by atoms with Crippen LogP contribution in [0.15, 0.2) is 22.7 Å². The van der Waals surface area contributed by atoms with E-state index in [1.54, 1.807) is 24.1 Å². The zero-order valence-electron chi connectivity index (χ0n) is 12.5. The minimum absolute atomic E-state index is 0.0522. The summed E-state index contributed by atoms with van der Waals surface area (Å²) in [5, 5.41) is 9.83. The Morgan fingerprint density at radius 2 is 1.95 bits per heavy atom. The number of phenols is 1. The number of phenolic OH excluding ortho intramolecular Hbond substituents is 1. The van der Waals surface area contributed by atoms with Gasteiger partial charge in [0, 0.05) is 30.7 Å². The molecule has 122 valence electrons. The Bertz CT molecular complexity index is 669. The second-order valence-corrected chi connectivity index (χ2v) is 8.42. The molecule has 0 atom stereocenters. The lowest BCUT2D eigenvalue weighted by molar-refractivity contribution is 0.0683. The van der Waals surface area contributed by atoms with Gasteiger partial charge in [0.15, 0.2) is 0 Å². The van der Waals surface area contributed by atoms with Crippen LogP contribution in [0.1, 0.15) is 23.2 Å². The van der Waals surface area contributed by atoms with Crippen LogP contribution in [0.2, 0.25) is 0 Å². The van der Waals surface area contributed by atoms with Crippen molar-refractivity contribution in [3.8, 4) is 5.75 Å². The molecule has 0 radical (unpaired) electrons. The molecule has 0 aromatic heterocycles. The summed E-state index contributed by atoms with van der Waals surface area (Å²) in [6.45, 7) is 0.935. The van der Waals surface area contributed by atoms with Gasteiger partial charge < -0.3 is 10.0 Å². The normalized spacial score (nSPS) is 17.0. The Morgan fingerprint density at radius 1 is 1.36 bits per heavy atom. The van der Waals surface area contributed by atoms with Gasteiger partial charge in [0.2, 0.25) is 10.0 Å². The van der Waals surface area contributed by atoms with E-state index in [0.29, 0.717) is 25.9 Å². The summed E-state index contributed by atoms with van der Waals surface area (Å²) in [4.78, 5) is 14.1. The zero-order valence-corrected chi connectivity index (χ0v) is 14.9. The maximum absolute atomic E-state index is 12.5. The monoisotopic (exact) mass is 390 g/mol. The van der Waals surface area contributed by atoms with Crippen LogP contribution in [-0.2, 0) is 10.0 Å². The van der Waals surface area contributed by atoms with E-state index >= 15 is 0 Å². The molecule has 6 nitrogen and oxygen atoms in total. The first-order valence-electron chi connectivity index (χ1n) is 6.91. The molecule has 0 saturated carbocycles. The number of likely N-dealkylation sites (tertiary alicyclic amines) is 1. The summed E-state index contributed by atoms with van der Waals surface area (Å²) in [6.07, 6.45) is 2.36. The number of rotatable bonds is 3.